The molecule has 2 unspecified atom stereocenters. The van der Waals surface area contributed by atoms with Gasteiger partial charge in [-0.15, -0.1) is 0 Å². The Morgan fingerprint density at radius 1 is 1.59 bits per heavy atom. The summed E-state index contributed by atoms with van der Waals surface area (Å²) in [6.07, 6.45) is 0.508. The van der Waals surface area contributed by atoms with E-state index in [1.165, 1.54) is 0 Å². The fraction of sp³-hybridized carbons (Fsp3) is 0.417. The molecular weight excluding hydrogens is 238 g/mol. The lowest BCUT2D eigenvalue weighted by molar-refractivity contribution is -0.117. The number of rotatable bonds is 3. The molecule has 0 radical (unpaired) electrons. The molecule has 0 bridgehead atoms. The predicted octanol–water partition coefficient (Wildman–Crippen LogP) is 1.78. The maximum Gasteiger partial charge on any atom is 0.224 e. The second-order valence-electron chi connectivity index (χ2n) is 4.34. The number of anilines is 1. The highest BCUT2D eigenvalue weighted by Crippen LogP contribution is 2.17. The predicted molar refractivity (Wildman–Crippen MR) is 68.8 cm³/mol. The Balaban J connectivity index is 1.89. The lowest BCUT2D eigenvalue weighted by Gasteiger charge is -2.13. The van der Waals surface area contributed by atoms with Crippen molar-refractivity contribution in [1.82, 2.24) is 10.9 Å². The highest BCUT2D eigenvalue weighted by molar-refractivity contribution is 6.30. The zero-order chi connectivity index (χ0) is 12.3. The van der Waals surface area contributed by atoms with Crippen molar-refractivity contribution >= 4 is 23.2 Å². The summed E-state index contributed by atoms with van der Waals surface area (Å²) >= 11 is 5.85. The molecule has 1 amide bonds. The quantitative estimate of drug-likeness (QED) is 0.770. The van der Waals surface area contributed by atoms with Gasteiger partial charge in [0.15, 0.2) is 0 Å². The number of carbonyl (C=O) groups is 1. The number of hydrogen-bond acceptors (Lipinski definition) is 3. The zero-order valence-electron chi connectivity index (χ0n) is 9.66. The second kappa shape index (κ2) is 5.49. The summed E-state index contributed by atoms with van der Waals surface area (Å²) in [5, 5.41) is 3.48. The number of amides is 1. The third-order valence-electron chi connectivity index (χ3n) is 2.96. The molecular formula is C12H16ClN3O. The molecule has 0 saturated carbocycles. The van der Waals surface area contributed by atoms with E-state index in [-0.39, 0.29) is 5.91 Å². The van der Waals surface area contributed by atoms with Crippen LogP contribution >= 0.6 is 11.6 Å². The fourth-order valence-corrected chi connectivity index (χ4v) is 2.10. The molecule has 0 aromatic heterocycles. The van der Waals surface area contributed by atoms with E-state index in [1.54, 1.807) is 12.1 Å². The summed E-state index contributed by atoms with van der Waals surface area (Å²) in [7, 11) is 0. The van der Waals surface area contributed by atoms with Crippen LogP contribution in [0.15, 0.2) is 24.3 Å². The highest BCUT2D eigenvalue weighted by Gasteiger charge is 2.24. The van der Waals surface area contributed by atoms with Crippen LogP contribution in [0.4, 0.5) is 5.69 Å². The molecule has 1 aliphatic rings. The van der Waals surface area contributed by atoms with Crippen LogP contribution < -0.4 is 16.2 Å². The molecule has 1 fully saturated rings. The van der Waals surface area contributed by atoms with E-state index in [2.05, 4.69) is 23.1 Å². The monoisotopic (exact) mass is 253 g/mol. The summed E-state index contributed by atoms with van der Waals surface area (Å²) in [6, 6.07) is 7.50. The van der Waals surface area contributed by atoms with Gasteiger partial charge in [-0.05, 0) is 31.0 Å². The molecule has 0 spiro atoms. The molecule has 1 saturated heterocycles. The Morgan fingerprint density at radius 2 is 2.41 bits per heavy atom. The van der Waals surface area contributed by atoms with E-state index < -0.39 is 0 Å². The van der Waals surface area contributed by atoms with E-state index in [9.17, 15) is 4.79 Å². The largest absolute Gasteiger partial charge is 0.326 e. The normalized spacial score (nSPS) is 23.6. The molecule has 17 heavy (non-hydrogen) atoms. The second-order valence-corrected chi connectivity index (χ2v) is 4.77. The topological polar surface area (TPSA) is 53.2 Å². The molecule has 1 aromatic rings. The fourth-order valence-electron chi connectivity index (χ4n) is 1.91. The Labute approximate surface area is 106 Å². The first-order valence-electron chi connectivity index (χ1n) is 5.69. The first-order chi connectivity index (χ1) is 8.15. The number of halogens is 1. The van der Waals surface area contributed by atoms with Gasteiger partial charge in [0.05, 0.1) is 0 Å². The Kier molecular flexibility index (Phi) is 3.99. The summed E-state index contributed by atoms with van der Waals surface area (Å²) < 4.78 is 0. The number of benzene rings is 1. The first kappa shape index (κ1) is 12.4. The van der Waals surface area contributed by atoms with Crippen molar-refractivity contribution in [2.45, 2.75) is 19.4 Å². The molecule has 3 N–H and O–H groups in total. The maximum atomic E-state index is 11.8. The van der Waals surface area contributed by atoms with Crippen LogP contribution in [0.25, 0.3) is 0 Å². The van der Waals surface area contributed by atoms with Crippen molar-refractivity contribution in [3.05, 3.63) is 29.3 Å². The van der Waals surface area contributed by atoms with Crippen molar-refractivity contribution in [3.8, 4) is 0 Å². The van der Waals surface area contributed by atoms with Crippen LogP contribution in [0.5, 0.6) is 0 Å². The third kappa shape index (κ3) is 3.43. The van der Waals surface area contributed by atoms with Gasteiger partial charge in [0.2, 0.25) is 5.91 Å². The Bertz CT molecular complexity index is 410. The van der Waals surface area contributed by atoms with E-state index in [1.807, 2.05) is 12.1 Å². The minimum Gasteiger partial charge on any atom is -0.326 e. The molecule has 5 heteroatoms. The standard InChI is InChI=1S/C12H16ClN3O/c1-8-9(7-14-16-8)5-12(17)15-11-4-2-3-10(13)6-11/h2-4,6,8-9,14,16H,5,7H2,1H3,(H,15,17). The van der Waals surface area contributed by atoms with E-state index >= 15 is 0 Å². The van der Waals surface area contributed by atoms with Crippen LogP contribution in [0, 0.1) is 5.92 Å². The zero-order valence-corrected chi connectivity index (χ0v) is 10.4. The third-order valence-corrected chi connectivity index (χ3v) is 3.19. The van der Waals surface area contributed by atoms with Gasteiger partial charge in [-0.25, -0.2) is 0 Å². The first-order valence-corrected chi connectivity index (χ1v) is 6.07. The molecule has 2 rings (SSSR count). The van der Waals surface area contributed by atoms with Crippen molar-refractivity contribution < 1.29 is 4.79 Å². The summed E-state index contributed by atoms with van der Waals surface area (Å²) in [5.74, 6) is 0.351. The van der Waals surface area contributed by atoms with Crippen molar-refractivity contribution in [1.29, 1.82) is 0 Å². The van der Waals surface area contributed by atoms with E-state index in [4.69, 9.17) is 11.6 Å². The number of nitrogens with one attached hydrogen (secondary N) is 3. The van der Waals surface area contributed by atoms with Crippen LogP contribution in [0.2, 0.25) is 5.02 Å². The van der Waals surface area contributed by atoms with E-state index in [0.29, 0.717) is 23.4 Å². The smallest absolute Gasteiger partial charge is 0.224 e. The Hall–Kier alpha value is -1.10. The minimum atomic E-state index is 0.0228. The molecule has 4 nitrogen and oxygen atoms in total. The molecule has 1 aromatic carbocycles. The van der Waals surface area contributed by atoms with Crippen molar-refractivity contribution in [2.24, 2.45) is 5.92 Å². The maximum absolute atomic E-state index is 11.8. The summed E-state index contributed by atoms with van der Waals surface area (Å²) in [4.78, 5) is 11.8. The lowest BCUT2D eigenvalue weighted by Crippen LogP contribution is -2.29. The highest BCUT2D eigenvalue weighted by atomic mass is 35.5. The average molecular weight is 254 g/mol. The van der Waals surface area contributed by atoms with Gasteiger partial charge >= 0.3 is 0 Å². The van der Waals surface area contributed by atoms with E-state index in [0.717, 1.165) is 12.2 Å². The van der Waals surface area contributed by atoms with Gasteiger partial charge in [0.1, 0.15) is 0 Å². The van der Waals surface area contributed by atoms with Gasteiger partial charge in [0.25, 0.3) is 0 Å². The lowest BCUT2D eigenvalue weighted by atomic mass is 9.99. The number of carbonyl (C=O) groups excluding carboxylic acids is 1. The van der Waals surface area contributed by atoms with Gasteiger partial charge in [-0.2, -0.15) is 0 Å². The number of hydrogen-bond donors (Lipinski definition) is 3. The molecule has 0 aliphatic carbocycles. The van der Waals surface area contributed by atoms with Crippen LogP contribution in [0.3, 0.4) is 0 Å². The minimum absolute atomic E-state index is 0.0228. The van der Waals surface area contributed by atoms with Crippen LogP contribution in [0.1, 0.15) is 13.3 Å². The van der Waals surface area contributed by atoms with Gasteiger partial charge < -0.3 is 5.32 Å². The average Bonchev–Trinajstić information content (AvgIpc) is 2.64. The number of hydrazine groups is 1. The van der Waals surface area contributed by atoms with Crippen molar-refractivity contribution in [3.63, 3.8) is 0 Å². The van der Waals surface area contributed by atoms with Gasteiger partial charge in [-0.1, -0.05) is 17.7 Å². The SMILES string of the molecule is CC1NNCC1CC(=O)Nc1cccc(Cl)c1. The summed E-state index contributed by atoms with van der Waals surface area (Å²) in [6.45, 7) is 2.89. The molecule has 1 heterocycles. The van der Waals surface area contributed by atoms with Crippen LogP contribution in [-0.2, 0) is 4.79 Å². The molecule has 1 aliphatic heterocycles. The van der Waals surface area contributed by atoms with Crippen LogP contribution in [-0.4, -0.2) is 18.5 Å². The molecule has 92 valence electrons. The van der Waals surface area contributed by atoms with Gasteiger partial charge in [0, 0.05) is 29.7 Å². The van der Waals surface area contributed by atoms with Crippen molar-refractivity contribution in [2.75, 3.05) is 11.9 Å². The van der Waals surface area contributed by atoms with Gasteiger partial charge in [-0.3, -0.25) is 15.6 Å². The molecule has 2 atom stereocenters. The summed E-state index contributed by atoms with van der Waals surface area (Å²) in [5.41, 5.74) is 6.89. The Morgan fingerprint density at radius 3 is 3.06 bits per heavy atom.